The van der Waals surface area contributed by atoms with Crippen LogP contribution in [0.5, 0.6) is 5.75 Å². The minimum atomic E-state index is -1.34. The van der Waals surface area contributed by atoms with E-state index in [0.29, 0.717) is 33.1 Å². The average Bonchev–Trinajstić information content (AvgIpc) is 2.90. The van der Waals surface area contributed by atoms with Gasteiger partial charge >= 0.3 is 0 Å². The summed E-state index contributed by atoms with van der Waals surface area (Å²) in [6, 6.07) is 17.8. The fraction of sp³-hybridized carbons (Fsp3) is 0.241. The first-order valence-electron chi connectivity index (χ1n) is 12.3. The van der Waals surface area contributed by atoms with Crippen LogP contribution < -0.4 is 20.3 Å². The normalized spacial score (nSPS) is 11.8. The molecular formula is C29H33ClN6O2S. The van der Waals surface area contributed by atoms with Gasteiger partial charge in [0, 0.05) is 19.8 Å². The molecule has 0 aliphatic rings. The smallest absolute Gasteiger partial charge is 0.229 e. The van der Waals surface area contributed by atoms with Crippen molar-refractivity contribution in [2.75, 3.05) is 50.8 Å². The number of ether oxygens (including phenoxy) is 1. The molecule has 0 aliphatic carbocycles. The van der Waals surface area contributed by atoms with Crippen LogP contribution in [0.4, 0.5) is 28.8 Å². The SMILES string of the molecule is COc1cc(-c2ccc(N(C)C)c(C)c2)c(C)cc1Nc1ncc(Cl)c(Nc2ccccc2S(=O)N(C)C)n1. The predicted molar refractivity (Wildman–Crippen MR) is 162 cm³/mol. The number of para-hydroxylation sites is 1. The van der Waals surface area contributed by atoms with Crippen LogP contribution >= 0.6 is 11.6 Å². The lowest BCUT2D eigenvalue weighted by Crippen LogP contribution is -2.16. The quantitative estimate of drug-likeness (QED) is 0.238. The number of nitrogens with one attached hydrogen (secondary N) is 2. The van der Waals surface area contributed by atoms with Crippen LogP contribution in [0.25, 0.3) is 11.1 Å². The van der Waals surface area contributed by atoms with Crippen molar-refractivity contribution in [3.8, 4) is 16.9 Å². The molecule has 10 heteroatoms. The fourth-order valence-corrected chi connectivity index (χ4v) is 5.31. The lowest BCUT2D eigenvalue weighted by atomic mass is 9.97. The molecule has 4 rings (SSSR count). The average molecular weight is 565 g/mol. The molecule has 3 aromatic carbocycles. The lowest BCUT2D eigenvalue weighted by molar-refractivity contribution is 0.417. The summed E-state index contributed by atoms with van der Waals surface area (Å²) >= 11 is 6.43. The highest BCUT2D eigenvalue weighted by Gasteiger charge is 2.16. The van der Waals surface area contributed by atoms with E-state index in [1.54, 1.807) is 31.6 Å². The van der Waals surface area contributed by atoms with E-state index in [4.69, 9.17) is 16.3 Å². The Morgan fingerprint density at radius 3 is 2.33 bits per heavy atom. The number of nitrogens with zero attached hydrogens (tertiary/aromatic N) is 4. The largest absolute Gasteiger partial charge is 0.495 e. The Hall–Kier alpha value is -3.66. The number of anilines is 5. The van der Waals surface area contributed by atoms with Crippen LogP contribution in [-0.2, 0) is 11.0 Å². The summed E-state index contributed by atoms with van der Waals surface area (Å²) in [5.74, 6) is 1.38. The summed E-state index contributed by atoms with van der Waals surface area (Å²) in [6.07, 6.45) is 1.52. The second-order valence-corrected chi connectivity index (χ2v) is 11.5. The van der Waals surface area contributed by atoms with Crippen molar-refractivity contribution in [1.82, 2.24) is 14.3 Å². The van der Waals surface area contributed by atoms with Crippen molar-refractivity contribution in [3.05, 3.63) is 76.9 Å². The van der Waals surface area contributed by atoms with E-state index in [-0.39, 0.29) is 0 Å². The maximum absolute atomic E-state index is 12.7. The fourth-order valence-electron chi connectivity index (χ4n) is 4.27. The van der Waals surface area contributed by atoms with Crippen molar-refractivity contribution in [3.63, 3.8) is 0 Å². The molecule has 1 atom stereocenters. The van der Waals surface area contributed by atoms with E-state index in [1.165, 1.54) is 17.4 Å². The maximum Gasteiger partial charge on any atom is 0.229 e. The van der Waals surface area contributed by atoms with Gasteiger partial charge in [-0.05, 0) is 86.6 Å². The van der Waals surface area contributed by atoms with Crippen molar-refractivity contribution in [2.24, 2.45) is 0 Å². The summed E-state index contributed by atoms with van der Waals surface area (Å²) in [4.78, 5) is 11.7. The number of halogens is 1. The van der Waals surface area contributed by atoms with Crippen LogP contribution in [0.15, 0.2) is 65.7 Å². The highest BCUT2D eigenvalue weighted by molar-refractivity contribution is 7.82. The van der Waals surface area contributed by atoms with Gasteiger partial charge in [-0.2, -0.15) is 4.98 Å². The van der Waals surface area contributed by atoms with E-state index in [1.807, 2.05) is 44.4 Å². The Labute approximate surface area is 237 Å². The predicted octanol–water partition coefficient (Wildman–Crippen LogP) is 6.56. The molecule has 204 valence electrons. The minimum absolute atomic E-state index is 0.334. The highest BCUT2D eigenvalue weighted by atomic mass is 35.5. The molecule has 1 aromatic heterocycles. The maximum atomic E-state index is 12.7. The molecule has 2 N–H and O–H groups in total. The molecule has 0 saturated carbocycles. The van der Waals surface area contributed by atoms with Gasteiger partial charge in [-0.15, -0.1) is 0 Å². The summed E-state index contributed by atoms with van der Waals surface area (Å²) < 4.78 is 20.1. The molecule has 0 amide bonds. The molecule has 0 aliphatic heterocycles. The summed E-state index contributed by atoms with van der Waals surface area (Å²) in [7, 11) is 7.89. The Morgan fingerprint density at radius 2 is 1.67 bits per heavy atom. The van der Waals surface area contributed by atoms with Crippen LogP contribution in [-0.4, -0.2) is 53.8 Å². The monoisotopic (exact) mass is 564 g/mol. The number of hydrogen-bond donors (Lipinski definition) is 2. The van der Waals surface area contributed by atoms with Gasteiger partial charge < -0.3 is 20.3 Å². The molecule has 4 aromatic rings. The molecule has 1 heterocycles. The van der Waals surface area contributed by atoms with Gasteiger partial charge in [0.15, 0.2) is 5.82 Å². The van der Waals surface area contributed by atoms with Gasteiger partial charge in [0.2, 0.25) is 5.95 Å². The molecule has 1 unspecified atom stereocenters. The van der Waals surface area contributed by atoms with E-state index in [2.05, 4.69) is 57.5 Å². The number of rotatable bonds is 9. The molecular weight excluding hydrogens is 532 g/mol. The zero-order chi connectivity index (χ0) is 28.3. The van der Waals surface area contributed by atoms with Crippen molar-refractivity contribution >= 4 is 51.4 Å². The number of aromatic nitrogens is 2. The van der Waals surface area contributed by atoms with Crippen LogP contribution in [0.3, 0.4) is 0 Å². The second-order valence-electron chi connectivity index (χ2n) is 9.46. The van der Waals surface area contributed by atoms with Crippen LogP contribution in [0, 0.1) is 13.8 Å². The lowest BCUT2D eigenvalue weighted by Gasteiger charge is -2.19. The van der Waals surface area contributed by atoms with Gasteiger partial charge in [0.25, 0.3) is 0 Å². The minimum Gasteiger partial charge on any atom is -0.495 e. The van der Waals surface area contributed by atoms with Gasteiger partial charge in [0.05, 0.1) is 29.6 Å². The molecule has 8 nitrogen and oxygen atoms in total. The highest BCUT2D eigenvalue weighted by Crippen LogP contribution is 2.37. The Balaban J connectivity index is 1.64. The first kappa shape index (κ1) is 28.4. The molecule has 0 bridgehead atoms. The van der Waals surface area contributed by atoms with E-state index < -0.39 is 11.0 Å². The Bertz CT molecular complexity index is 1530. The third-order valence-electron chi connectivity index (χ3n) is 6.19. The topological polar surface area (TPSA) is 82.6 Å². The molecule has 0 saturated heterocycles. The van der Waals surface area contributed by atoms with Gasteiger partial charge in [-0.1, -0.05) is 29.8 Å². The van der Waals surface area contributed by atoms with Crippen LogP contribution in [0.2, 0.25) is 5.02 Å². The molecule has 0 fully saturated rings. The standard InChI is InChI=1S/C29H33ClN6O2S/c1-18-15-24(26(38-7)16-21(18)20-12-13-25(35(3)4)19(2)14-20)33-29-31-17-22(30)28(34-29)32-23-10-8-9-11-27(23)39(37)36(5)6/h8-17H,1-7H3,(H2,31,32,33,34). The number of aryl methyl sites for hydroxylation is 2. The van der Waals surface area contributed by atoms with Gasteiger partial charge in [0.1, 0.15) is 21.8 Å². The van der Waals surface area contributed by atoms with Gasteiger partial charge in [-0.25, -0.2) is 13.5 Å². The number of benzene rings is 3. The van der Waals surface area contributed by atoms with Crippen LogP contribution in [0.1, 0.15) is 11.1 Å². The van der Waals surface area contributed by atoms with Crippen molar-refractivity contribution in [1.29, 1.82) is 0 Å². The first-order chi connectivity index (χ1) is 18.6. The zero-order valence-electron chi connectivity index (χ0n) is 23.2. The van der Waals surface area contributed by atoms with Gasteiger partial charge in [-0.3, -0.25) is 0 Å². The molecule has 0 spiro atoms. The van der Waals surface area contributed by atoms with E-state index in [9.17, 15) is 4.21 Å². The summed E-state index contributed by atoms with van der Waals surface area (Å²) in [5, 5.41) is 6.81. The zero-order valence-corrected chi connectivity index (χ0v) is 24.7. The Morgan fingerprint density at radius 1 is 0.923 bits per heavy atom. The first-order valence-corrected chi connectivity index (χ1v) is 13.8. The second kappa shape index (κ2) is 12.0. The number of hydrogen-bond acceptors (Lipinski definition) is 7. The molecule has 0 radical (unpaired) electrons. The Kier molecular flexibility index (Phi) is 8.74. The van der Waals surface area contributed by atoms with Crippen molar-refractivity contribution < 1.29 is 8.95 Å². The molecule has 39 heavy (non-hydrogen) atoms. The van der Waals surface area contributed by atoms with E-state index >= 15 is 0 Å². The summed E-state index contributed by atoms with van der Waals surface area (Å²) in [6.45, 7) is 4.17. The number of methoxy groups -OCH3 is 1. The van der Waals surface area contributed by atoms with Crippen molar-refractivity contribution in [2.45, 2.75) is 18.7 Å². The summed E-state index contributed by atoms with van der Waals surface area (Å²) in [5.41, 5.74) is 7.01. The third kappa shape index (κ3) is 6.33. The van der Waals surface area contributed by atoms with E-state index in [0.717, 1.165) is 22.4 Å². The third-order valence-corrected chi connectivity index (χ3v) is 7.86.